The quantitative estimate of drug-likeness (QED) is 0.593. The SMILES string of the molecule is CCCCCCCCC.CN1CCSc2ccccc21. The molecule has 20 heavy (non-hydrogen) atoms. The molecular formula is C18H31NS. The van der Waals surface area contributed by atoms with Crippen molar-refractivity contribution >= 4 is 17.4 Å². The van der Waals surface area contributed by atoms with Crippen molar-refractivity contribution in [2.24, 2.45) is 0 Å². The third kappa shape index (κ3) is 6.69. The Morgan fingerprint density at radius 3 is 2.15 bits per heavy atom. The molecule has 1 heterocycles. The van der Waals surface area contributed by atoms with Gasteiger partial charge in [-0.05, 0) is 12.1 Å². The number of nitrogens with zero attached hydrogens (tertiary/aromatic N) is 1. The minimum Gasteiger partial charge on any atom is -0.373 e. The topological polar surface area (TPSA) is 3.24 Å². The summed E-state index contributed by atoms with van der Waals surface area (Å²) < 4.78 is 0. The molecule has 0 bridgehead atoms. The lowest BCUT2D eigenvalue weighted by atomic mass is 10.1. The first-order valence-corrected chi connectivity index (χ1v) is 9.21. The molecular weight excluding hydrogens is 262 g/mol. The lowest BCUT2D eigenvalue weighted by Crippen LogP contribution is -2.23. The first kappa shape index (κ1) is 17.4. The van der Waals surface area contributed by atoms with Crippen LogP contribution in [0.25, 0.3) is 0 Å². The number of anilines is 1. The van der Waals surface area contributed by atoms with E-state index in [4.69, 9.17) is 0 Å². The molecule has 0 amide bonds. The van der Waals surface area contributed by atoms with E-state index in [2.05, 4.69) is 50.1 Å². The summed E-state index contributed by atoms with van der Waals surface area (Å²) in [4.78, 5) is 3.73. The fraction of sp³-hybridized carbons (Fsp3) is 0.667. The van der Waals surface area contributed by atoms with Gasteiger partial charge < -0.3 is 4.90 Å². The Bertz CT molecular complexity index is 345. The maximum absolute atomic E-state index is 2.31. The van der Waals surface area contributed by atoms with Gasteiger partial charge in [0.15, 0.2) is 0 Å². The Morgan fingerprint density at radius 2 is 1.55 bits per heavy atom. The summed E-state index contributed by atoms with van der Waals surface area (Å²) in [5.74, 6) is 1.22. The number of hydrogen-bond donors (Lipinski definition) is 0. The predicted octanol–water partition coefficient (Wildman–Crippen LogP) is 5.99. The summed E-state index contributed by atoms with van der Waals surface area (Å²) in [6.07, 6.45) is 9.97. The largest absolute Gasteiger partial charge is 0.373 e. The predicted molar refractivity (Wildman–Crippen MR) is 94.1 cm³/mol. The Labute approximate surface area is 130 Å². The zero-order valence-electron chi connectivity index (χ0n) is 13.5. The van der Waals surface area contributed by atoms with Gasteiger partial charge in [-0.25, -0.2) is 0 Å². The van der Waals surface area contributed by atoms with E-state index in [1.54, 1.807) is 0 Å². The number of unbranched alkanes of at least 4 members (excludes halogenated alkanes) is 6. The molecule has 1 aromatic carbocycles. The molecule has 0 spiro atoms. The van der Waals surface area contributed by atoms with E-state index < -0.39 is 0 Å². The monoisotopic (exact) mass is 293 g/mol. The third-order valence-corrected chi connectivity index (χ3v) is 4.71. The molecule has 1 aromatic rings. The van der Waals surface area contributed by atoms with Crippen LogP contribution in [0.1, 0.15) is 58.8 Å². The highest BCUT2D eigenvalue weighted by atomic mass is 32.2. The van der Waals surface area contributed by atoms with Gasteiger partial charge in [-0.3, -0.25) is 0 Å². The average molecular weight is 294 g/mol. The highest BCUT2D eigenvalue weighted by Gasteiger charge is 2.11. The number of fused-ring (bicyclic) bond motifs is 1. The van der Waals surface area contributed by atoms with Crippen molar-refractivity contribution in [1.82, 2.24) is 0 Å². The molecule has 0 saturated carbocycles. The number of hydrogen-bond acceptors (Lipinski definition) is 2. The highest BCUT2D eigenvalue weighted by molar-refractivity contribution is 7.99. The Hall–Kier alpha value is -0.630. The van der Waals surface area contributed by atoms with E-state index in [0.29, 0.717) is 0 Å². The van der Waals surface area contributed by atoms with Crippen molar-refractivity contribution in [2.45, 2.75) is 63.7 Å². The van der Waals surface area contributed by atoms with Gasteiger partial charge in [0.2, 0.25) is 0 Å². The van der Waals surface area contributed by atoms with Crippen LogP contribution >= 0.6 is 11.8 Å². The second-order valence-corrected chi connectivity index (χ2v) is 6.64. The van der Waals surface area contributed by atoms with Crippen LogP contribution in [0.3, 0.4) is 0 Å². The minimum absolute atomic E-state index is 1.17. The van der Waals surface area contributed by atoms with Crippen molar-refractivity contribution in [1.29, 1.82) is 0 Å². The molecule has 1 aliphatic heterocycles. The van der Waals surface area contributed by atoms with Gasteiger partial charge in [0.25, 0.3) is 0 Å². The third-order valence-electron chi connectivity index (χ3n) is 3.67. The maximum atomic E-state index is 2.31. The second-order valence-electron chi connectivity index (χ2n) is 5.51. The van der Waals surface area contributed by atoms with Gasteiger partial charge in [-0.2, -0.15) is 0 Å². The van der Waals surface area contributed by atoms with Crippen molar-refractivity contribution in [2.75, 3.05) is 24.2 Å². The number of para-hydroxylation sites is 1. The summed E-state index contributed by atoms with van der Waals surface area (Å²) in [7, 11) is 2.15. The number of rotatable bonds is 6. The van der Waals surface area contributed by atoms with Crippen molar-refractivity contribution in [3.63, 3.8) is 0 Å². The Balaban J connectivity index is 0.000000206. The molecule has 0 atom stereocenters. The van der Waals surface area contributed by atoms with E-state index in [1.165, 1.54) is 67.8 Å². The highest BCUT2D eigenvalue weighted by Crippen LogP contribution is 2.32. The van der Waals surface area contributed by atoms with Crippen molar-refractivity contribution < 1.29 is 0 Å². The van der Waals surface area contributed by atoms with Gasteiger partial charge >= 0.3 is 0 Å². The summed E-state index contributed by atoms with van der Waals surface area (Å²) >= 11 is 1.95. The average Bonchev–Trinajstić information content (AvgIpc) is 2.49. The molecule has 2 heteroatoms. The molecule has 0 unspecified atom stereocenters. The van der Waals surface area contributed by atoms with E-state index in [-0.39, 0.29) is 0 Å². The molecule has 0 aromatic heterocycles. The fourth-order valence-electron chi connectivity index (χ4n) is 2.34. The normalized spacial score (nSPS) is 13.4. The van der Waals surface area contributed by atoms with Crippen LogP contribution in [-0.2, 0) is 0 Å². The number of thioether (sulfide) groups is 1. The molecule has 0 aliphatic carbocycles. The van der Waals surface area contributed by atoms with Crippen LogP contribution in [0.15, 0.2) is 29.2 Å². The maximum Gasteiger partial charge on any atom is 0.0502 e. The minimum atomic E-state index is 1.17. The molecule has 0 fully saturated rings. The van der Waals surface area contributed by atoms with Crippen LogP contribution < -0.4 is 4.90 Å². The molecule has 0 N–H and O–H groups in total. The zero-order chi connectivity index (χ0) is 14.6. The van der Waals surface area contributed by atoms with Gasteiger partial charge in [0.1, 0.15) is 0 Å². The van der Waals surface area contributed by atoms with Gasteiger partial charge in [-0.1, -0.05) is 70.9 Å². The van der Waals surface area contributed by atoms with Crippen LogP contribution in [0, 0.1) is 0 Å². The van der Waals surface area contributed by atoms with Gasteiger partial charge in [-0.15, -0.1) is 11.8 Å². The van der Waals surface area contributed by atoms with Crippen LogP contribution in [0.2, 0.25) is 0 Å². The van der Waals surface area contributed by atoms with E-state index in [9.17, 15) is 0 Å². The van der Waals surface area contributed by atoms with Crippen LogP contribution in [0.4, 0.5) is 5.69 Å². The van der Waals surface area contributed by atoms with E-state index in [1.807, 2.05) is 11.8 Å². The number of benzene rings is 1. The standard InChI is InChI=1S/C9H11NS.C9H20/c1-10-6-7-11-9-5-3-2-4-8(9)10;1-3-5-7-9-8-6-4-2/h2-5H,6-7H2,1H3;3-9H2,1-2H3. The van der Waals surface area contributed by atoms with E-state index in [0.717, 1.165) is 0 Å². The Kier molecular flexibility index (Phi) is 9.65. The smallest absolute Gasteiger partial charge is 0.0502 e. The van der Waals surface area contributed by atoms with E-state index >= 15 is 0 Å². The molecule has 0 saturated heterocycles. The summed E-state index contributed by atoms with van der Waals surface area (Å²) in [5.41, 5.74) is 1.38. The van der Waals surface area contributed by atoms with Crippen molar-refractivity contribution in [3.8, 4) is 0 Å². The van der Waals surface area contributed by atoms with Crippen molar-refractivity contribution in [3.05, 3.63) is 24.3 Å². The lowest BCUT2D eigenvalue weighted by molar-refractivity contribution is 0.602. The summed E-state index contributed by atoms with van der Waals surface area (Å²) in [6, 6.07) is 8.57. The molecule has 0 radical (unpaired) electrons. The fourth-order valence-corrected chi connectivity index (χ4v) is 3.47. The van der Waals surface area contributed by atoms with Crippen LogP contribution in [-0.4, -0.2) is 19.3 Å². The first-order valence-electron chi connectivity index (χ1n) is 8.22. The van der Waals surface area contributed by atoms with Gasteiger partial charge in [0, 0.05) is 24.2 Å². The van der Waals surface area contributed by atoms with Gasteiger partial charge in [0.05, 0.1) is 5.69 Å². The zero-order valence-corrected chi connectivity index (χ0v) is 14.3. The second kappa shape index (κ2) is 11.1. The summed E-state index contributed by atoms with van der Waals surface area (Å²) in [5, 5.41) is 0. The first-order chi connectivity index (χ1) is 9.79. The molecule has 114 valence electrons. The summed E-state index contributed by atoms with van der Waals surface area (Å²) in [6.45, 7) is 5.70. The Morgan fingerprint density at radius 1 is 0.950 bits per heavy atom. The molecule has 1 nitrogen and oxygen atoms in total. The molecule has 1 aliphatic rings. The molecule has 2 rings (SSSR count). The van der Waals surface area contributed by atoms with Crippen LogP contribution in [0.5, 0.6) is 0 Å². The lowest BCUT2D eigenvalue weighted by Gasteiger charge is -2.26.